The van der Waals surface area contributed by atoms with Crippen LogP contribution in [0.1, 0.15) is 32.3 Å². The summed E-state index contributed by atoms with van der Waals surface area (Å²) in [4.78, 5) is 0. The molecular weight excluding hydrogens is 226 g/mol. The minimum atomic E-state index is -0.300. The number of benzene rings is 1. The first-order valence-electron chi connectivity index (χ1n) is 6.71. The molecule has 1 aliphatic rings. The minimum Gasteiger partial charge on any atom is -0.493 e. The third-order valence-corrected chi connectivity index (χ3v) is 3.37. The number of nitrogens with two attached hydrogens (primary N) is 1. The first-order chi connectivity index (χ1) is 8.62. The highest BCUT2D eigenvalue weighted by Gasteiger charge is 2.33. The van der Waals surface area contributed by atoms with E-state index in [-0.39, 0.29) is 5.54 Å². The Balaban J connectivity index is 1.99. The summed E-state index contributed by atoms with van der Waals surface area (Å²) in [5.74, 6) is 1.50. The standard InChI is InChI=1S/C15H23NO2/c1-12(2)11-17-9-7-15(16)8-10-18-14-6-4-3-5-13(14)15/h3-6,12H,7-11,16H2,1-2H3. The molecule has 0 aromatic heterocycles. The van der Waals surface area contributed by atoms with E-state index < -0.39 is 0 Å². The van der Waals surface area contributed by atoms with E-state index in [1.165, 1.54) is 0 Å². The molecule has 18 heavy (non-hydrogen) atoms. The molecule has 1 heterocycles. The van der Waals surface area contributed by atoms with E-state index >= 15 is 0 Å². The molecule has 0 spiro atoms. The van der Waals surface area contributed by atoms with Crippen LogP contribution in [-0.2, 0) is 10.3 Å². The predicted molar refractivity (Wildman–Crippen MR) is 72.7 cm³/mol. The quantitative estimate of drug-likeness (QED) is 0.816. The van der Waals surface area contributed by atoms with Gasteiger partial charge < -0.3 is 15.2 Å². The Morgan fingerprint density at radius 1 is 1.39 bits per heavy atom. The summed E-state index contributed by atoms with van der Waals surface area (Å²) in [6.07, 6.45) is 1.70. The smallest absolute Gasteiger partial charge is 0.124 e. The number of rotatable bonds is 5. The summed E-state index contributed by atoms with van der Waals surface area (Å²) in [5, 5.41) is 0. The fourth-order valence-corrected chi connectivity index (χ4v) is 2.31. The summed E-state index contributed by atoms with van der Waals surface area (Å²) in [6.45, 7) is 6.51. The summed E-state index contributed by atoms with van der Waals surface area (Å²) in [6, 6.07) is 8.06. The van der Waals surface area contributed by atoms with Crippen LogP contribution in [0.3, 0.4) is 0 Å². The molecule has 0 radical (unpaired) electrons. The molecule has 0 saturated heterocycles. The van der Waals surface area contributed by atoms with Gasteiger partial charge in [-0.05, 0) is 18.4 Å². The van der Waals surface area contributed by atoms with Crippen molar-refractivity contribution in [2.24, 2.45) is 11.7 Å². The second-order valence-electron chi connectivity index (χ2n) is 5.47. The van der Waals surface area contributed by atoms with Crippen LogP contribution in [0.5, 0.6) is 5.75 Å². The fraction of sp³-hybridized carbons (Fsp3) is 0.600. The maximum atomic E-state index is 6.53. The van der Waals surface area contributed by atoms with Crippen LogP contribution in [0.15, 0.2) is 24.3 Å². The molecule has 1 unspecified atom stereocenters. The normalized spacial score (nSPS) is 22.7. The molecule has 0 amide bonds. The Bertz CT molecular complexity index is 392. The summed E-state index contributed by atoms with van der Waals surface area (Å²) in [7, 11) is 0. The van der Waals surface area contributed by atoms with Crippen molar-refractivity contribution < 1.29 is 9.47 Å². The van der Waals surface area contributed by atoms with Gasteiger partial charge in [0.05, 0.1) is 12.1 Å². The van der Waals surface area contributed by atoms with Crippen molar-refractivity contribution >= 4 is 0 Å². The van der Waals surface area contributed by atoms with Gasteiger partial charge in [0.25, 0.3) is 0 Å². The van der Waals surface area contributed by atoms with Gasteiger partial charge >= 0.3 is 0 Å². The van der Waals surface area contributed by atoms with Crippen LogP contribution in [0.4, 0.5) is 0 Å². The second kappa shape index (κ2) is 5.72. The van der Waals surface area contributed by atoms with Gasteiger partial charge in [-0.25, -0.2) is 0 Å². The zero-order valence-corrected chi connectivity index (χ0v) is 11.3. The summed E-state index contributed by atoms with van der Waals surface area (Å²) in [5.41, 5.74) is 7.34. The largest absolute Gasteiger partial charge is 0.493 e. The van der Waals surface area contributed by atoms with E-state index in [0.29, 0.717) is 19.1 Å². The summed E-state index contributed by atoms with van der Waals surface area (Å²) < 4.78 is 11.3. The van der Waals surface area contributed by atoms with E-state index in [0.717, 1.165) is 30.8 Å². The summed E-state index contributed by atoms with van der Waals surface area (Å²) >= 11 is 0. The molecule has 0 saturated carbocycles. The number of fused-ring (bicyclic) bond motifs is 1. The van der Waals surface area contributed by atoms with Crippen molar-refractivity contribution in [1.29, 1.82) is 0 Å². The molecule has 0 aliphatic carbocycles. The predicted octanol–water partition coefficient (Wildman–Crippen LogP) is 2.69. The zero-order chi connectivity index (χ0) is 13.0. The Hall–Kier alpha value is -1.06. The van der Waals surface area contributed by atoms with Gasteiger partial charge in [-0.2, -0.15) is 0 Å². The third kappa shape index (κ3) is 3.03. The highest BCUT2D eigenvalue weighted by Crippen LogP contribution is 2.37. The van der Waals surface area contributed by atoms with Crippen LogP contribution < -0.4 is 10.5 Å². The van der Waals surface area contributed by atoms with Gasteiger partial charge in [-0.15, -0.1) is 0 Å². The topological polar surface area (TPSA) is 44.5 Å². The first kappa shape index (κ1) is 13.4. The maximum absolute atomic E-state index is 6.53. The molecule has 100 valence electrons. The van der Waals surface area contributed by atoms with Gasteiger partial charge in [0.15, 0.2) is 0 Å². The molecule has 2 N–H and O–H groups in total. The molecule has 1 atom stereocenters. The Morgan fingerprint density at radius 3 is 2.94 bits per heavy atom. The van der Waals surface area contributed by atoms with Crippen molar-refractivity contribution in [1.82, 2.24) is 0 Å². The molecule has 3 nitrogen and oxygen atoms in total. The molecular formula is C15H23NO2. The fourth-order valence-electron chi connectivity index (χ4n) is 2.31. The highest BCUT2D eigenvalue weighted by molar-refractivity contribution is 5.40. The average molecular weight is 249 g/mol. The van der Waals surface area contributed by atoms with Crippen LogP contribution >= 0.6 is 0 Å². The molecule has 1 aliphatic heterocycles. The monoisotopic (exact) mass is 249 g/mol. The van der Waals surface area contributed by atoms with Crippen LogP contribution in [0.25, 0.3) is 0 Å². The average Bonchev–Trinajstić information content (AvgIpc) is 2.35. The maximum Gasteiger partial charge on any atom is 0.124 e. The first-order valence-corrected chi connectivity index (χ1v) is 6.71. The minimum absolute atomic E-state index is 0.300. The van der Waals surface area contributed by atoms with Crippen LogP contribution in [-0.4, -0.2) is 19.8 Å². The van der Waals surface area contributed by atoms with E-state index in [1.807, 2.05) is 18.2 Å². The Kier molecular flexibility index (Phi) is 4.25. The van der Waals surface area contributed by atoms with Crippen molar-refractivity contribution in [3.8, 4) is 5.75 Å². The second-order valence-corrected chi connectivity index (χ2v) is 5.47. The van der Waals surface area contributed by atoms with E-state index in [4.69, 9.17) is 15.2 Å². The molecule has 0 fully saturated rings. The molecule has 1 aromatic carbocycles. The number of ether oxygens (including phenoxy) is 2. The Labute approximate surface area is 109 Å². The van der Waals surface area contributed by atoms with Gasteiger partial charge in [-0.1, -0.05) is 32.0 Å². The molecule has 0 bridgehead atoms. The lowest BCUT2D eigenvalue weighted by atomic mass is 9.83. The lowest BCUT2D eigenvalue weighted by Crippen LogP contribution is -2.42. The number of hydrogen-bond acceptors (Lipinski definition) is 3. The van der Waals surface area contributed by atoms with E-state index in [2.05, 4.69) is 19.9 Å². The van der Waals surface area contributed by atoms with Crippen molar-refractivity contribution in [2.45, 2.75) is 32.2 Å². The Morgan fingerprint density at radius 2 is 2.17 bits per heavy atom. The van der Waals surface area contributed by atoms with Gasteiger partial charge in [0, 0.05) is 25.2 Å². The van der Waals surface area contributed by atoms with Crippen LogP contribution in [0.2, 0.25) is 0 Å². The van der Waals surface area contributed by atoms with Gasteiger partial charge in [0.1, 0.15) is 5.75 Å². The van der Waals surface area contributed by atoms with Crippen molar-refractivity contribution in [3.05, 3.63) is 29.8 Å². The van der Waals surface area contributed by atoms with Gasteiger partial charge in [0.2, 0.25) is 0 Å². The molecule has 3 heteroatoms. The van der Waals surface area contributed by atoms with Crippen molar-refractivity contribution in [2.75, 3.05) is 19.8 Å². The van der Waals surface area contributed by atoms with Crippen molar-refractivity contribution in [3.63, 3.8) is 0 Å². The zero-order valence-electron chi connectivity index (χ0n) is 11.3. The molecule has 2 rings (SSSR count). The van der Waals surface area contributed by atoms with E-state index in [9.17, 15) is 0 Å². The van der Waals surface area contributed by atoms with Gasteiger partial charge in [-0.3, -0.25) is 0 Å². The van der Waals surface area contributed by atoms with Crippen LogP contribution in [0, 0.1) is 5.92 Å². The number of para-hydroxylation sites is 1. The SMILES string of the molecule is CC(C)COCCC1(N)CCOc2ccccc21. The third-order valence-electron chi connectivity index (χ3n) is 3.37. The highest BCUT2D eigenvalue weighted by atomic mass is 16.5. The number of hydrogen-bond donors (Lipinski definition) is 1. The lowest BCUT2D eigenvalue weighted by molar-refractivity contribution is 0.0838. The lowest BCUT2D eigenvalue weighted by Gasteiger charge is -2.35. The molecule has 1 aromatic rings. The van der Waals surface area contributed by atoms with E-state index in [1.54, 1.807) is 0 Å².